The summed E-state index contributed by atoms with van der Waals surface area (Å²) < 4.78 is 8.41. The van der Waals surface area contributed by atoms with Crippen LogP contribution in [0.5, 0.6) is 0 Å². The Hall–Kier alpha value is -1.49. The number of aromatic amines is 1. The Balaban J connectivity index is 2.51. The summed E-state index contributed by atoms with van der Waals surface area (Å²) in [5.74, 6) is -1.44. The van der Waals surface area contributed by atoms with Crippen molar-refractivity contribution < 1.29 is 31.4 Å². The molecular weight excluding hydrogens is 432 g/mol. The van der Waals surface area contributed by atoms with Crippen molar-refractivity contribution in [2.24, 2.45) is 0 Å². The Bertz CT molecular complexity index is 876. The fraction of sp³-hybridized carbons (Fsp3) is 0.375. The van der Waals surface area contributed by atoms with Crippen LogP contribution in [0.4, 0.5) is 0 Å². The molecule has 2 aromatic rings. The molecule has 4 atom stereocenters. The summed E-state index contributed by atoms with van der Waals surface area (Å²) in [7, 11) is 0. The summed E-state index contributed by atoms with van der Waals surface area (Å²) in [5.41, 5.74) is 0.319. The third-order valence-corrected chi connectivity index (χ3v) is 5.04. The third kappa shape index (κ3) is 4.25. The lowest BCUT2D eigenvalue weighted by Gasteiger charge is -2.28. The fourth-order valence-corrected chi connectivity index (χ4v) is 2.99. The van der Waals surface area contributed by atoms with Crippen LogP contribution in [0.15, 0.2) is 22.8 Å². The molecule has 142 valence electrons. The van der Waals surface area contributed by atoms with Crippen LogP contribution in [-0.2, 0) is 4.79 Å². The third-order valence-electron chi connectivity index (χ3n) is 3.84. The zero-order valence-corrected chi connectivity index (χ0v) is 15.9. The van der Waals surface area contributed by atoms with Gasteiger partial charge in [0.25, 0.3) is 0 Å². The molecule has 0 saturated heterocycles. The molecule has 8 nitrogen and oxygen atoms in total. The Morgan fingerprint density at radius 2 is 2.00 bits per heavy atom. The maximum atomic E-state index is 13.0. The molecule has 1 aromatic carbocycles. The van der Waals surface area contributed by atoms with Gasteiger partial charge in [0.15, 0.2) is 7.20 Å². The number of amides is 1. The number of halogens is 2. The second-order valence-corrected chi connectivity index (χ2v) is 6.99. The molecule has 0 radical (unpaired) electrons. The average Bonchev–Trinajstić information content (AvgIpc) is 2.93. The highest BCUT2D eigenvalue weighted by Gasteiger charge is 2.37. The number of hydrogen-bond acceptors (Lipinski definition) is 6. The quantitative estimate of drug-likeness (QED) is 0.336. The molecule has 6 N–H and O–H groups in total. The number of aliphatic hydroxyl groups excluding tert-OH is 4. The predicted octanol–water partition coefficient (Wildman–Crippen LogP) is 0.346. The van der Waals surface area contributed by atoms with E-state index in [-0.39, 0.29) is 5.56 Å². The van der Waals surface area contributed by atoms with Crippen molar-refractivity contribution in [3.8, 4) is 0 Å². The van der Waals surface area contributed by atoms with Crippen molar-refractivity contribution >= 4 is 50.1 Å². The molecule has 2 rings (SSSR count). The van der Waals surface area contributed by atoms with Gasteiger partial charge in [0, 0.05) is 34.1 Å². The number of H-pyrrole nitrogens is 1. The van der Waals surface area contributed by atoms with Crippen LogP contribution in [-0.4, -0.2) is 68.1 Å². The fourth-order valence-electron chi connectivity index (χ4n) is 2.48. The average molecular weight is 451 g/mol. The minimum Gasteiger partial charge on any atom is -0.394 e. The number of hydrogen-bond donors (Lipinski definition) is 6. The van der Waals surface area contributed by atoms with Gasteiger partial charge in [-0.3, -0.25) is 9.59 Å². The van der Waals surface area contributed by atoms with Crippen molar-refractivity contribution in [2.75, 3.05) is 6.61 Å². The Kier molecular flexibility index (Phi) is 6.28. The van der Waals surface area contributed by atoms with Gasteiger partial charge in [0.2, 0.25) is 5.91 Å². The van der Waals surface area contributed by atoms with Gasteiger partial charge >= 0.3 is 0 Å². The lowest BCUT2D eigenvalue weighted by molar-refractivity contribution is -0.122. The van der Waals surface area contributed by atoms with Gasteiger partial charge in [-0.1, -0.05) is 11.6 Å². The van der Waals surface area contributed by atoms with Gasteiger partial charge in [0.1, 0.15) is 24.4 Å². The number of fused-ring (bicyclic) bond motifs is 1. The van der Waals surface area contributed by atoms with Crippen LogP contribution < -0.4 is 5.32 Å². The van der Waals surface area contributed by atoms with Crippen molar-refractivity contribution in [1.29, 1.82) is 0 Å². The van der Waals surface area contributed by atoms with Gasteiger partial charge in [-0.25, -0.2) is 0 Å². The molecule has 0 fully saturated rings. The highest BCUT2D eigenvalue weighted by Crippen LogP contribution is 2.30. The monoisotopic (exact) mass is 449 g/mol. The molecule has 0 unspecified atom stereocenters. The molecule has 0 aliphatic rings. The summed E-state index contributed by atoms with van der Waals surface area (Å²) in [4.78, 5) is 25.4. The molecule has 0 spiro atoms. The maximum Gasteiger partial charge on any atom is 0.217 e. The van der Waals surface area contributed by atoms with E-state index >= 15 is 0 Å². The normalized spacial score (nSPS) is 16.7. The van der Waals surface area contributed by atoms with E-state index in [1.54, 1.807) is 0 Å². The van der Waals surface area contributed by atoms with Gasteiger partial charge in [0.05, 0.1) is 11.6 Å². The minimum absolute atomic E-state index is 0.000792. The first-order valence-electron chi connectivity index (χ1n) is 7.99. The van der Waals surface area contributed by atoms with Crippen LogP contribution in [0.25, 0.3) is 10.9 Å². The van der Waals surface area contributed by atoms with E-state index in [0.29, 0.717) is 20.4 Å². The summed E-state index contributed by atoms with van der Waals surface area (Å²) >= 11 is 9.25. The highest BCUT2D eigenvalue weighted by molar-refractivity contribution is 9.10. The van der Waals surface area contributed by atoms with Crippen LogP contribution in [0.1, 0.15) is 17.3 Å². The van der Waals surface area contributed by atoms with E-state index < -0.39 is 42.7 Å². The molecular formula is C16H18BrClN2O6. The molecule has 0 bridgehead atoms. The van der Waals surface area contributed by atoms with E-state index in [2.05, 4.69) is 21.2 Å². The zero-order valence-electron chi connectivity index (χ0n) is 14.6. The number of Topliss-reactive ketones (excluding diaryl/α,β-unsaturated/α-hetero) is 1. The van der Waals surface area contributed by atoms with E-state index in [0.717, 1.165) is 11.9 Å². The molecule has 0 aliphatic heterocycles. The number of nitrogens with one attached hydrogen (secondary N) is 2. The highest BCUT2D eigenvalue weighted by atomic mass is 79.9. The topological polar surface area (TPSA) is 143 Å². The van der Waals surface area contributed by atoms with Gasteiger partial charge in [-0.2, -0.15) is 0 Å². The summed E-state index contributed by atoms with van der Waals surface area (Å²) in [5, 5.41) is 41.6. The number of ketones is 1. The Morgan fingerprint density at radius 3 is 2.58 bits per heavy atom. The number of aliphatic hydroxyl groups is 4. The van der Waals surface area contributed by atoms with Crippen molar-refractivity contribution in [3.63, 3.8) is 0 Å². The molecule has 10 heteroatoms. The Labute approximate surface area is 163 Å². The van der Waals surface area contributed by atoms with Crippen molar-refractivity contribution in [3.05, 3.63) is 33.4 Å². The predicted molar refractivity (Wildman–Crippen MR) is 98.1 cm³/mol. The van der Waals surface area contributed by atoms with E-state index in [4.69, 9.17) is 18.1 Å². The second kappa shape index (κ2) is 8.47. The van der Waals surface area contributed by atoms with Crippen LogP contribution in [0, 0.1) is 0 Å². The zero-order chi connectivity index (χ0) is 20.5. The molecule has 1 aromatic heterocycles. The molecule has 1 amide bonds. The number of benzene rings is 1. The lowest BCUT2D eigenvalue weighted by Crippen LogP contribution is -2.55. The van der Waals surface area contributed by atoms with Gasteiger partial charge < -0.3 is 30.7 Å². The first-order chi connectivity index (χ1) is 12.6. The first kappa shape index (κ1) is 19.3. The number of carbonyl (C=O) groups is 2. The maximum absolute atomic E-state index is 13.0. The van der Waals surface area contributed by atoms with Crippen LogP contribution in [0.2, 0.25) is 6.43 Å². The standard InChI is InChI=1S/C16H18BrClN2O6/c1-6(22)20-13(16(26)15(25)12(23)5-21)14(24)8-4-19-11-3-10(18)9(17)2-7(8)11/h2-4,12-13,15-16,19,21,23,25-26H,5H2,1H3,(H,20,22)/t12-,13+,15-,16-/m1/s1/i/hD. The number of rotatable bonds is 7. The van der Waals surface area contributed by atoms with Crippen molar-refractivity contribution in [1.82, 2.24) is 10.3 Å². The lowest BCUT2D eigenvalue weighted by atomic mass is 9.94. The van der Waals surface area contributed by atoms with Gasteiger partial charge in [-0.05, 0) is 28.1 Å². The summed E-state index contributed by atoms with van der Waals surface area (Å²) in [6.45, 7) is 0.267. The van der Waals surface area contributed by atoms with E-state index in [9.17, 15) is 24.9 Å². The first-order valence-corrected chi connectivity index (χ1v) is 8.71. The Morgan fingerprint density at radius 1 is 1.35 bits per heavy atom. The van der Waals surface area contributed by atoms with Crippen LogP contribution in [0.3, 0.4) is 0 Å². The number of carbonyl (C=O) groups excluding carboxylic acids is 2. The largest absolute Gasteiger partial charge is 0.394 e. The number of aromatic nitrogens is 1. The smallest absolute Gasteiger partial charge is 0.217 e. The molecule has 0 saturated carbocycles. The van der Waals surface area contributed by atoms with E-state index in [1.165, 1.54) is 18.3 Å². The molecule has 1 heterocycles. The van der Waals surface area contributed by atoms with Gasteiger partial charge in [-0.15, -0.1) is 0 Å². The van der Waals surface area contributed by atoms with E-state index in [1.807, 2.05) is 0 Å². The van der Waals surface area contributed by atoms with Crippen molar-refractivity contribution in [2.45, 2.75) is 31.3 Å². The summed E-state index contributed by atoms with van der Waals surface area (Å²) in [6, 6.07) is 1.38. The molecule has 26 heavy (non-hydrogen) atoms. The summed E-state index contributed by atoms with van der Waals surface area (Å²) in [6.07, 6.45) is -4.31. The van der Waals surface area contributed by atoms with Crippen LogP contribution >= 0.6 is 27.5 Å². The second-order valence-electron chi connectivity index (χ2n) is 5.73. The SMILES string of the molecule is [2H]n1cc(C(=O)[C@H](NC(C)=O)[C@@H](O)[C@H](O)[C@H](O)CO)c2cc(Br)c(Cl)cc21. The minimum atomic E-state index is -1.90. The molecule has 0 aliphatic carbocycles.